The van der Waals surface area contributed by atoms with E-state index in [2.05, 4.69) is 20.4 Å². The highest BCUT2D eigenvalue weighted by Crippen LogP contribution is 2.34. The standard InChI is InChI=1S/C16H13FN6O2S/c1-9(14-20-21-15(25-14)10-4-6-11(17)7-5-10)26-16-22-19-13(23(16)18)12-3-2-8-24-12/h2-9H,18H2,1H3/t9-/m1/s1. The fraction of sp³-hybridized carbons (Fsp3) is 0.125. The van der Waals surface area contributed by atoms with Gasteiger partial charge in [-0.15, -0.1) is 20.4 Å². The summed E-state index contributed by atoms with van der Waals surface area (Å²) in [6.07, 6.45) is 1.54. The number of hydrogen-bond donors (Lipinski definition) is 1. The second-order valence-electron chi connectivity index (χ2n) is 5.37. The van der Waals surface area contributed by atoms with Crippen molar-refractivity contribution in [2.75, 3.05) is 5.84 Å². The van der Waals surface area contributed by atoms with Crippen molar-refractivity contribution in [3.8, 4) is 23.0 Å². The lowest BCUT2D eigenvalue weighted by molar-refractivity contribution is 0.508. The van der Waals surface area contributed by atoms with Gasteiger partial charge in [0.25, 0.3) is 0 Å². The molecule has 0 amide bonds. The smallest absolute Gasteiger partial charge is 0.247 e. The van der Waals surface area contributed by atoms with Crippen LogP contribution in [0, 0.1) is 5.82 Å². The summed E-state index contributed by atoms with van der Waals surface area (Å²) in [5, 5.41) is 16.4. The topological polar surface area (TPSA) is 109 Å². The number of thioether (sulfide) groups is 1. The third-order valence-corrected chi connectivity index (χ3v) is 4.61. The lowest BCUT2D eigenvalue weighted by Crippen LogP contribution is -2.11. The Balaban J connectivity index is 1.52. The van der Waals surface area contributed by atoms with E-state index < -0.39 is 0 Å². The summed E-state index contributed by atoms with van der Waals surface area (Å²) in [6.45, 7) is 1.88. The average molecular weight is 372 g/mol. The van der Waals surface area contributed by atoms with Gasteiger partial charge < -0.3 is 14.7 Å². The summed E-state index contributed by atoms with van der Waals surface area (Å²) in [5.74, 6) is 7.37. The van der Waals surface area contributed by atoms with Gasteiger partial charge in [0.1, 0.15) is 5.82 Å². The van der Waals surface area contributed by atoms with Crippen LogP contribution in [0.3, 0.4) is 0 Å². The zero-order valence-electron chi connectivity index (χ0n) is 13.5. The fourth-order valence-corrected chi connectivity index (χ4v) is 3.05. The maximum atomic E-state index is 13.0. The lowest BCUT2D eigenvalue weighted by atomic mass is 10.2. The highest BCUT2D eigenvalue weighted by molar-refractivity contribution is 7.99. The molecule has 0 saturated heterocycles. The van der Waals surface area contributed by atoms with Gasteiger partial charge in [-0.05, 0) is 43.3 Å². The number of nitrogen functional groups attached to an aromatic ring is 1. The number of halogens is 1. The molecule has 0 aliphatic rings. The van der Waals surface area contributed by atoms with Crippen molar-refractivity contribution in [2.45, 2.75) is 17.3 Å². The third-order valence-electron chi connectivity index (χ3n) is 3.57. The molecule has 0 unspecified atom stereocenters. The molecule has 4 aromatic rings. The highest BCUT2D eigenvalue weighted by Gasteiger charge is 2.21. The molecule has 8 nitrogen and oxygen atoms in total. The number of benzene rings is 1. The highest BCUT2D eigenvalue weighted by atomic mass is 32.2. The van der Waals surface area contributed by atoms with Crippen molar-refractivity contribution in [3.63, 3.8) is 0 Å². The molecule has 0 aliphatic carbocycles. The molecule has 1 atom stereocenters. The van der Waals surface area contributed by atoms with Crippen LogP contribution in [0.4, 0.5) is 4.39 Å². The number of hydrogen-bond acceptors (Lipinski definition) is 8. The van der Waals surface area contributed by atoms with Gasteiger partial charge in [0.2, 0.25) is 22.8 Å². The Hall–Kier alpha value is -3.14. The summed E-state index contributed by atoms with van der Waals surface area (Å²) < 4.78 is 25.3. The van der Waals surface area contributed by atoms with Gasteiger partial charge in [-0.2, -0.15) is 0 Å². The minimum absolute atomic E-state index is 0.215. The van der Waals surface area contributed by atoms with Crippen molar-refractivity contribution in [1.29, 1.82) is 0 Å². The molecule has 3 heterocycles. The van der Waals surface area contributed by atoms with Gasteiger partial charge >= 0.3 is 0 Å². The van der Waals surface area contributed by atoms with Crippen LogP contribution in [0.25, 0.3) is 23.0 Å². The van der Waals surface area contributed by atoms with E-state index in [1.807, 2.05) is 6.92 Å². The number of nitrogens with zero attached hydrogens (tertiary/aromatic N) is 5. The Labute approximate surface area is 151 Å². The Morgan fingerprint density at radius 3 is 2.65 bits per heavy atom. The van der Waals surface area contributed by atoms with Gasteiger partial charge in [-0.1, -0.05) is 11.8 Å². The molecule has 0 radical (unpaired) electrons. The predicted molar refractivity (Wildman–Crippen MR) is 91.8 cm³/mol. The summed E-state index contributed by atoms with van der Waals surface area (Å²) in [5.41, 5.74) is 0.643. The molecule has 0 fully saturated rings. The first-order chi connectivity index (χ1) is 12.6. The normalized spacial score (nSPS) is 12.4. The van der Waals surface area contributed by atoms with E-state index in [1.54, 1.807) is 24.3 Å². The van der Waals surface area contributed by atoms with Crippen molar-refractivity contribution >= 4 is 11.8 Å². The van der Waals surface area contributed by atoms with Crippen molar-refractivity contribution in [1.82, 2.24) is 25.1 Å². The third kappa shape index (κ3) is 3.06. The molecule has 0 saturated carbocycles. The van der Waals surface area contributed by atoms with Crippen LogP contribution in [0.5, 0.6) is 0 Å². The maximum absolute atomic E-state index is 13.0. The lowest BCUT2D eigenvalue weighted by Gasteiger charge is -2.06. The zero-order chi connectivity index (χ0) is 18.1. The first-order valence-electron chi connectivity index (χ1n) is 7.62. The fourth-order valence-electron chi connectivity index (χ4n) is 2.25. The quantitative estimate of drug-likeness (QED) is 0.420. The van der Waals surface area contributed by atoms with Crippen LogP contribution in [-0.2, 0) is 0 Å². The molecular formula is C16H13FN6O2S. The van der Waals surface area contributed by atoms with E-state index in [1.165, 1.54) is 34.8 Å². The number of furan rings is 1. The second-order valence-corrected chi connectivity index (χ2v) is 6.67. The largest absolute Gasteiger partial charge is 0.461 e. The van der Waals surface area contributed by atoms with Crippen molar-refractivity contribution in [2.24, 2.45) is 0 Å². The van der Waals surface area contributed by atoms with Crippen LogP contribution in [0.15, 0.2) is 56.7 Å². The molecule has 0 spiro atoms. The number of nitrogens with two attached hydrogens (primary N) is 1. The van der Waals surface area contributed by atoms with Crippen molar-refractivity contribution < 1.29 is 13.2 Å². The molecule has 3 aromatic heterocycles. The zero-order valence-corrected chi connectivity index (χ0v) is 14.4. The van der Waals surface area contributed by atoms with Gasteiger partial charge in [0, 0.05) is 5.56 Å². The molecule has 1 aromatic carbocycles. The molecule has 2 N–H and O–H groups in total. The van der Waals surface area contributed by atoms with Crippen LogP contribution < -0.4 is 5.84 Å². The molecule has 10 heteroatoms. The summed E-state index contributed by atoms with van der Waals surface area (Å²) in [7, 11) is 0. The average Bonchev–Trinajstić information content (AvgIpc) is 3.37. The summed E-state index contributed by atoms with van der Waals surface area (Å²) in [4.78, 5) is 0. The first-order valence-corrected chi connectivity index (χ1v) is 8.50. The molecule has 0 aliphatic heterocycles. The van der Waals surface area contributed by atoms with Gasteiger partial charge in [-0.25, -0.2) is 9.07 Å². The molecule has 4 rings (SSSR count). The van der Waals surface area contributed by atoms with E-state index in [0.717, 1.165) is 0 Å². The Bertz CT molecular complexity index is 1010. The van der Waals surface area contributed by atoms with Gasteiger partial charge in [0.05, 0.1) is 11.5 Å². The Morgan fingerprint density at radius 2 is 1.92 bits per heavy atom. The monoisotopic (exact) mass is 372 g/mol. The number of rotatable bonds is 5. The Kier molecular flexibility index (Phi) is 4.17. The van der Waals surface area contributed by atoms with Crippen molar-refractivity contribution in [3.05, 3.63) is 54.4 Å². The molecule has 26 heavy (non-hydrogen) atoms. The molecule has 132 valence electrons. The minimum Gasteiger partial charge on any atom is -0.461 e. The van der Waals surface area contributed by atoms with E-state index in [0.29, 0.717) is 34.1 Å². The predicted octanol–water partition coefficient (Wildman–Crippen LogP) is 3.29. The summed E-state index contributed by atoms with van der Waals surface area (Å²) >= 11 is 1.32. The molecule has 0 bridgehead atoms. The summed E-state index contributed by atoms with van der Waals surface area (Å²) in [6, 6.07) is 9.33. The Morgan fingerprint density at radius 1 is 1.12 bits per heavy atom. The van der Waals surface area contributed by atoms with Gasteiger partial charge in [0.15, 0.2) is 5.76 Å². The van der Waals surface area contributed by atoms with Crippen LogP contribution >= 0.6 is 11.8 Å². The van der Waals surface area contributed by atoms with Crippen LogP contribution in [-0.4, -0.2) is 25.1 Å². The van der Waals surface area contributed by atoms with Crippen LogP contribution in [0.1, 0.15) is 18.1 Å². The van der Waals surface area contributed by atoms with E-state index >= 15 is 0 Å². The number of aromatic nitrogens is 5. The SMILES string of the molecule is C[C@@H](Sc1nnc(-c2ccco2)n1N)c1nnc(-c2ccc(F)cc2)o1. The second kappa shape index (κ2) is 6.64. The van der Waals surface area contributed by atoms with E-state index in [9.17, 15) is 4.39 Å². The van der Waals surface area contributed by atoms with Gasteiger partial charge in [-0.3, -0.25) is 0 Å². The minimum atomic E-state index is -0.327. The molecular weight excluding hydrogens is 359 g/mol. The van der Waals surface area contributed by atoms with E-state index in [-0.39, 0.29) is 11.1 Å². The van der Waals surface area contributed by atoms with Crippen LogP contribution in [0.2, 0.25) is 0 Å². The maximum Gasteiger partial charge on any atom is 0.247 e. The first kappa shape index (κ1) is 16.3. The van der Waals surface area contributed by atoms with E-state index in [4.69, 9.17) is 14.7 Å².